The fraction of sp³-hybridized carbons (Fsp3) is 0.765. The molecule has 2 fully saturated rings. The Balaban J connectivity index is 1.64. The Labute approximate surface area is 143 Å². The van der Waals surface area contributed by atoms with Gasteiger partial charge in [-0.3, -0.25) is 0 Å². The largest absolute Gasteiger partial charge is 0.395 e. The first kappa shape index (κ1) is 17.4. The van der Waals surface area contributed by atoms with E-state index in [1.54, 1.807) is 0 Å². The van der Waals surface area contributed by atoms with Gasteiger partial charge in [-0.2, -0.15) is 4.98 Å². The maximum absolute atomic E-state index is 9.02. The summed E-state index contributed by atoms with van der Waals surface area (Å²) in [5.74, 6) is 2.49. The second kappa shape index (κ2) is 8.60. The molecule has 7 nitrogen and oxygen atoms in total. The molecule has 3 heterocycles. The zero-order valence-electron chi connectivity index (χ0n) is 14.5. The van der Waals surface area contributed by atoms with Crippen molar-refractivity contribution >= 4 is 11.8 Å². The van der Waals surface area contributed by atoms with Crippen LogP contribution < -0.4 is 10.6 Å². The predicted octanol–water partition coefficient (Wildman–Crippen LogP) is 1.14. The molecule has 1 aromatic heterocycles. The maximum Gasteiger partial charge on any atom is 0.224 e. The zero-order chi connectivity index (χ0) is 16.8. The van der Waals surface area contributed by atoms with Gasteiger partial charge in [0.05, 0.1) is 18.9 Å². The van der Waals surface area contributed by atoms with E-state index in [9.17, 15) is 0 Å². The molecule has 134 valence electrons. The van der Waals surface area contributed by atoms with Crippen molar-refractivity contribution in [3.05, 3.63) is 11.8 Å². The summed E-state index contributed by atoms with van der Waals surface area (Å²) >= 11 is 0. The minimum atomic E-state index is 0.0679. The Morgan fingerprint density at radius 1 is 1.25 bits per heavy atom. The van der Waals surface area contributed by atoms with Crippen LogP contribution in [-0.2, 0) is 4.74 Å². The number of nitrogens with one attached hydrogen (secondary N) is 2. The van der Waals surface area contributed by atoms with Crippen molar-refractivity contribution in [3.63, 3.8) is 0 Å². The van der Waals surface area contributed by atoms with E-state index >= 15 is 0 Å². The van der Waals surface area contributed by atoms with Crippen LogP contribution >= 0.6 is 0 Å². The Morgan fingerprint density at radius 3 is 2.79 bits per heavy atom. The molecule has 24 heavy (non-hydrogen) atoms. The number of anilines is 2. The molecule has 1 aromatic rings. The lowest BCUT2D eigenvalue weighted by Crippen LogP contribution is -2.33. The standard InChI is InChI=1S/C17H29N5O2/c1-22-6-2-13(3-7-22)11-19-16-10-15(14-4-9-24-12-14)20-17(21-16)18-5-8-23/h10,13-14,23H,2-9,11-12H2,1H3,(H2,18,19,20,21)/t14-/m0/s1. The van der Waals surface area contributed by atoms with Crippen LogP contribution in [0.2, 0.25) is 0 Å². The Bertz CT molecular complexity index is 514. The van der Waals surface area contributed by atoms with E-state index in [-0.39, 0.29) is 6.61 Å². The summed E-state index contributed by atoms with van der Waals surface area (Å²) < 4.78 is 5.49. The average molecular weight is 335 g/mol. The zero-order valence-corrected chi connectivity index (χ0v) is 14.5. The number of aliphatic hydroxyl groups is 1. The van der Waals surface area contributed by atoms with Gasteiger partial charge in [-0.05, 0) is 45.3 Å². The molecule has 0 amide bonds. The molecule has 2 aliphatic heterocycles. The minimum absolute atomic E-state index is 0.0679. The van der Waals surface area contributed by atoms with Crippen LogP contribution in [0.1, 0.15) is 30.9 Å². The van der Waals surface area contributed by atoms with Gasteiger partial charge in [-0.1, -0.05) is 0 Å². The number of nitrogens with zero attached hydrogens (tertiary/aromatic N) is 3. The van der Waals surface area contributed by atoms with Crippen molar-refractivity contribution in [2.75, 3.05) is 63.7 Å². The molecule has 0 bridgehead atoms. The topological polar surface area (TPSA) is 82.5 Å². The lowest BCUT2D eigenvalue weighted by molar-refractivity contribution is 0.193. The van der Waals surface area contributed by atoms with Crippen molar-refractivity contribution in [1.82, 2.24) is 14.9 Å². The van der Waals surface area contributed by atoms with Crippen molar-refractivity contribution < 1.29 is 9.84 Å². The van der Waals surface area contributed by atoms with Crippen LogP contribution in [0.15, 0.2) is 6.07 Å². The SMILES string of the molecule is CN1CCC(CNc2cc([C@H]3CCOC3)nc(NCCO)n2)CC1. The second-order valence-electron chi connectivity index (χ2n) is 6.84. The van der Waals surface area contributed by atoms with Crippen LogP contribution in [0.4, 0.5) is 11.8 Å². The number of piperidine rings is 1. The summed E-state index contributed by atoms with van der Waals surface area (Å²) in [6.45, 7) is 5.34. The number of likely N-dealkylation sites (tertiary alicyclic amines) is 1. The van der Waals surface area contributed by atoms with E-state index in [0.29, 0.717) is 24.3 Å². The molecule has 0 spiro atoms. The third-order valence-corrected chi connectivity index (χ3v) is 4.90. The van der Waals surface area contributed by atoms with Gasteiger partial charge < -0.3 is 25.4 Å². The Hall–Kier alpha value is -1.44. The summed E-state index contributed by atoms with van der Waals surface area (Å²) in [6.07, 6.45) is 3.46. The molecule has 0 aliphatic carbocycles. The number of aliphatic hydroxyl groups excluding tert-OH is 1. The number of aromatic nitrogens is 2. The molecule has 3 rings (SSSR count). The van der Waals surface area contributed by atoms with Gasteiger partial charge in [-0.25, -0.2) is 4.98 Å². The van der Waals surface area contributed by atoms with Crippen LogP contribution in [0, 0.1) is 5.92 Å². The quantitative estimate of drug-likeness (QED) is 0.689. The van der Waals surface area contributed by atoms with E-state index in [1.165, 1.54) is 25.9 Å². The van der Waals surface area contributed by atoms with E-state index in [1.807, 2.05) is 0 Å². The maximum atomic E-state index is 9.02. The van der Waals surface area contributed by atoms with E-state index < -0.39 is 0 Å². The first-order valence-electron chi connectivity index (χ1n) is 8.98. The van der Waals surface area contributed by atoms with E-state index in [0.717, 1.165) is 37.7 Å². The molecular formula is C17H29N5O2. The lowest BCUT2D eigenvalue weighted by Gasteiger charge is -2.29. The van der Waals surface area contributed by atoms with Crippen LogP contribution in [-0.4, -0.2) is 73.0 Å². The van der Waals surface area contributed by atoms with Gasteiger partial charge in [0.15, 0.2) is 0 Å². The summed E-state index contributed by atoms with van der Waals surface area (Å²) in [7, 11) is 2.18. The molecule has 7 heteroatoms. The summed E-state index contributed by atoms with van der Waals surface area (Å²) in [6, 6.07) is 2.05. The van der Waals surface area contributed by atoms with Gasteiger partial charge in [-0.15, -0.1) is 0 Å². The second-order valence-corrected chi connectivity index (χ2v) is 6.84. The number of hydrogen-bond acceptors (Lipinski definition) is 7. The van der Waals surface area contributed by atoms with E-state index in [4.69, 9.17) is 9.84 Å². The van der Waals surface area contributed by atoms with Gasteiger partial charge in [0, 0.05) is 31.7 Å². The molecule has 0 unspecified atom stereocenters. The number of rotatable bonds is 7. The Morgan fingerprint density at radius 2 is 2.08 bits per heavy atom. The molecule has 3 N–H and O–H groups in total. The highest BCUT2D eigenvalue weighted by molar-refractivity contribution is 5.43. The minimum Gasteiger partial charge on any atom is -0.395 e. The molecule has 1 atom stereocenters. The predicted molar refractivity (Wildman–Crippen MR) is 94.5 cm³/mol. The fourth-order valence-corrected chi connectivity index (χ4v) is 3.30. The van der Waals surface area contributed by atoms with Gasteiger partial charge in [0.1, 0.15) is 5.82 Å². The van der Waals surface area contributed by atoms with Crippen molar-refractivity contribution in [2.24, 2.45) is 5.92 Å². The summed E-state index contributed by atoms with van der Waals surface area (Å²) in [4.78, 5) is 11.5. The van der Waals surface area contributed by atoms with Crippen molar-refractivity contribution in [3.8, 4) is 0 Å². The molecule has 0 saturated carbocycles. The third-order valence-electron chi connectivity index (χ3n) is 4.90. The molecular weight excluding hydrogens is 306 g/mol. The normalized spacial score (nSPS) is 22.7. The summed E-state index contributed by atoms with van der Waals surface area (Å²) in [5.41, 5.74) is 1.02. The van der Waals surface area contributed by atoms with Crippen molar-refractivity contribution in [2.45, 2.75) is 25.2 Å². The smallest absolute Gasteiger partial charge is 0.224 e. The number of ether oxygens (including phenoxy) is 1. The highest BCUT2D eigenvalue weighted by atomic mass is 16.5. The first-order valence-corrected chi connectivity index (χ1v) is 8.98. The van der Waals surface area contributed by atoms with E-state index in [2.05, 4.69) is 38.6 Å². The van der Waals surface area contributed by atoms with Crippen molar-refractivity contribution in [1.29, 1.82) is 0 Å². The van der Waals surface area contributed by atoms with Gasteiger partial charge in [0.25, 0.3) is 0 Å². The molecule has 2 aliphatic rings. The molecule has 2 saturated heterocycles. The summed E-state index contributed by atoms with van der Waals surface area (Å²) in [5, 5.41) is 15.6. The molecule has 0 aromatic carbocycles. The van der Waals surface area contributed by atoms with Crippen LogP contribution in [0.3, 0.4) is 0 Å². The van der Waals surface area contributed by atoms with Crippen LogP contribution in [0.25, 0.3) is 0 Å². The lowest BCUT2D eigenvalue weighted by atomic mass is 9.97. The molecule has 0 radical (unpaired) electrons. The highest BCUT2D eigenvalue weighted by Gasteiger charge is 2.21. The third kappa shape index (κ3) is 4.78. The monoisotopic (exact) mass is 335 g/mol. The Kier molecular flexibility index (Phi) is 6.23. The van der Waals surface area contributed by atoms with Gasteiger partial charge >= 0.3 is 0 Å². The van der Waals surface area contributed by atoms with Crippen LogP contribution in [0.5, 0.6) is 0 Å². The average Bonchev–Trinajstić information content (AvgIpc) is 3.14. The number of hydrogen-bond donors (Lipinski definition) is 3. The highest BCUT2D eigenvalue weighted by Crippen LogP contribution is 2.26. The van der Waals surface area contributed by atoms with Gasteiger partial charge in [0.2, 0.25) is 5.95 Å². The fourth-order valence-electron chi connectivity index (χ4n) is 3.30. The first-order chi connectivity index (χ1) is 11.7.